The van der Waals surface area contributed by atoms with E-state index in [0.717, 1.165) is 22.3 Å². The lowest BCUT2D eigenvalue weighted by atomic mass is 10.2. The van der Waals surface area contributed by atoms with Crippen molar-refractivity contribution in [1.29, 1.82) is 0 Å². The molecule has 0 fully saturated rings. The highest BCUT2D eigenvalue weighted by Gasteiger charge is 2.37. The highest BCUT2D eigenvalue weighted by atomic mass is 35.5. The van der Waals surface area contributed by atoms with Crippen molar-refractivity contribution < 1.29 is 46.0 Å². The number of sulfonamides is 2. The molecule has 0 spiro atoms. The van der Waals surface area contributed by atoms with E-state index in [9.17, 15) is 27.0 Å². The zero-order chi connectivity index (χ0) is 48.0. The second-order valence-corrected chi connectivity index (χ2v) is 20.6. The van der Waals surface area contributed by atoms with Crippen molar-refractivity contribution in [2.75, 3.05) is 28.4 Å². The number of methoxy groups -OCH3 is 4. The largest absolute Gasteiger partial charge is 0.497 e. The molecule has 2 heterocycles. The maximum absolute atomic E-state index is 13.6. The second kappa shape index (κ2) is 23.9. The molecule has 2 N–H and O–H groups in total. The van der Waals surface area contributed by atoms with Crippen molar-refractivity contribution in [3.63, 3.8) is 0 Å². The molecule has 0 aliphatic rings. The van der Waals surface area contributed by atoms with Gasteiger partial charge in [0.05, 0.1) is 49.9 Å². The van der Waals surface area contributed by atoms with Gasteiger partial charge in [-0.2, -0.15) is 8.61 Å². The van der Waals surface area contributed by atoms with Crippen LogP contribution >= 0.6 is 23.2 Å². The van der Waals surface area contributed by atoms with Crippen molar-refractivity contribution in [3.8, 4) is 23.0 Å². The predicted octanol–water partition coefficient (Wildman–Crippen LogP) is 8.41. The zero-order valence-corrected chi connectivity index (χ0v) is 40.5. The topological polar surface area (TPSA) is 178 Å². The quantitative estimate of drug-likeness (QED) is 0.0748. The first-order chi connectivity index (χ1) is 31.5. The Morgan fingerprint density at radius 1 is 0.455 bits per heavy atom. The summed E-state index contributed by atoms with van der Waals surface area (Å²) in [6.45, 7) is 3.47. The molecule has 0 aliphatic heterocycles. The van der Waals surface area contributed by atoms with Crippen LogP contribution in [-0.4, -0.2) is 84.6 Å². The van der Waals surface area contributed by atoms with Crippen LogP contribution in [-0.2, 0) is 46.2 Å². The van der Waals surface area contributed by atoms with Crippen LogP contribution in [0, 0.1) is 0 Å². The number of rotatable bonds is 20. The molecular formula is C48H54Cl2N4O10S2. The molecule has 0 saturated heterocycles. The number of nitrogens with zero attached hydrogens (tertiary/aromatic N) is 4. The molecule has 66 heavy (non-hydrogen) atoms. The number of aliphatic hydroxyl groups is 2. The van der Waals surface area contributed by atoms with Gasteiger partial charge in [-0.15, -0.1) is 0 Å². The van der Waals surface area contributed by atoms with Crippen molar-refractivity contribution in [2.24, 2.45) is 0 Å². The Hall–Kier alpha value is -5.30. The van der Waals surface area contributed by atoms with Gasteiger partial charge in [0.15, 0.2) is 0 Å². The summed E-state index contributed by atoms with van der Waals surface area (Å²) in [6.07, 6.45) is 0.126. The molecule has 0 unspecified atom stereocenters. The third-order valence-corrected chi connectivity index (χ3v) is 15.5. The molecule has 18 heteroatoms. The molecule has 4 aromatic carbocycles. The van der Waals surface area contributed by atoms with E-state index >= 15 is 0 Å². The third-order valence-electron chi connectivity index (χ3n) is 10.7. The first-order valence-corrected chi connectivity index (χ1v) is 24.3. The van der Waals surface area contributed by atoms with E-state index < -0.39 is 42.8 Å². The minimum atomic E-state index is -3.94. The van der Waals surface area contributed by atoms with Crippen LogP contribution in [0.3, 0.4) is 0 Å². The molecule has 352 valence electrons. The summed E-state index contributed by atoms with van der Waals surface area (Å²) in [5, 5.41) is 20.1. The van der Waals surface area contributed by atoms with Gasteiger partial charge in [-0.1, -0.05) is 71.7 Å². The number of aliphatic hydroxyl groups excluding tert-OH is 2. The minimum Gasteiger partial charge on any atom is -0.497 e. The van der Waals surface area contributed by atoms with Crippen LogP contribution in [0.4, 0.5) is 0 Å². The number of hydrogen-bond acceptors (Lipinski definition) is 12. The number of halogens is 2. The average molecular weight is 982 g/mol. The smallest absolute Gasteiger partial charge is 0.220 e. The van der Waals surface area contributed by atoms with Crippen LogP contribution in [0.5, 0.6) is 23.0 Å². The van der Waals surface area contributed by atoms with Gasteiger partial charge in [0.2, 0.25) is 20.0 Å². The Labute approximate surface area is 397 Å². The van der Waals surface area contributed by atoms with Gasteiger partial charge in [-0.3, -0.25) is 9.97 Å². The molecule has 0 saturated carbocycles. The number of hydrogen-bond donors (Lipinski definition) is 2. The Bertz CT molecular complexity index is 2360. The van der Waals surface area contributed by atoms with Crippen LogP contribution in [0.1, 0.15) is 59.7 Å². The summed E-state index contributed by atoms with van der Waals surface area (Å²) in [5.74, 6) is 2.73. The number of ether oxygens (including phenoxy) is 4. The van der Waals surface area contributed by atoms with Crippen LogP contribution in [0.15, 0.2) is 134 Å². The first-order valence-electron chi connectivity index (χ1n) is 20.6. The van der Waals surface area contributed by atoms with Crippen molar-refractivity contribution in [3.05, 3.63) is 177 Å². The number of pyridine rings is 2. The fourth-order valence-corrected chi connectivity index (χ4v) is 10.0. The molecule has 4 atom stereocenters. The highest BCUT2D eigenvalue weighted by Crippen LogP contribution is 2.29. The maximum atomic E-state index is 13.6. The normalized spacial score (nSPS) is 13.5. The van der Waals surface area contributed by atoms with Gasteiger partial charge >= 0.3 is 0 Å². The van der Waals surface area contributed by atoms with Gasteiger partial charge in [0.1, 0.15) is 45.7 Å². The SMILES string of the molecule is COc1ccc(CN(Cc2ccc(OC)cc2)S(=O)(=O)[C@@H](C)[C@H](O)c2ccc(Cl)cn2)cc1.COc1ccc(CN(Cc2ccc(OC)cc2)S(=O)(=O)[C@H](C)[C@@H](O)c2ccc(Cl)cn2)cc1. The maximum Gasteiger partial charge on any atom is 0.220 e. The highest BCUT2D eigenvalue weighted by molar-refractivity contribution is 7.90. The Kier molecular flexibility index (Phi) is 18.7. The zero-order valence-electron chi connectivity index (χ0n) is 37.4. The number of benzene rings is 4. The average Bonchev–Trinajstić information content (AvgIpc) is 3.34. The van der Waals surface area contributed by atoms with Crippen LogP contribution in [0.25, 0.3) is 0 Å². The molecule has 14 nitrogen and oxygen atoms in total. The molecule has 0 aliphatic carbocycles. The molecular weight excluding hydrogens is 928 g/mol. The van der Waals surface area contributed by atoms with Gasteiger partial charge < -0.3 is 29.2 Å². The summed E-state index contributed by atoms with van der Waals surface area (Å²) >= 11 is 11.7. The molecule has 6 rings (SSSR count). The van der Waals surface area contributed by atoms with Gasteiger partial charge in [0.25, 0.3) is 0 Å². The van der Waals surface area contributed by atoms with E-state index in [1.165, 1.54) is 47.0 Å². The van der Waals surface area contributed by atoms with Crippen LogP contribution < -0.4 is 18.9 Å². The lowest BCUT2D eigenvalue weighted by molar-refractivity contribution is 0.167. The molecule has 0 amide bonds. The van der Waals surface area contributed by atoms with Crippen molar-refractivity contribution in [1.82, 2.24) is 18.6 Å². The van der Waals surface area contributed by atoms with E-state index in [0.29, 0.717) is 33.0 Å². The minimum absolute atomic E-state index is 0.128. The summed E-state index contributed by atoms with van der Waals surface area (Å²) in [6, 6.07) is 35.0. The summed E-state index contributed by atoms with van der Waals surface area (Å²) in [7, 11) is -1.59. The monoisotopic (exact) mass is 980 g/mol. The van der Waals surface area contributed by atoms with E-state index in [1.807, 2.05) is 48.5 Å². The predicted molar refractivity (Wildman–Crippen MR) is 256 cm³/mol. The van der Waals surface area contributed by atoms with Gasteiger partial charge in [-0.25, -0.2) is 16.8 Å². The number of aromatic nitrogens is 2. The third kappa shape index (κ3) is 13.9. The van der Waals surface area contributed by atoms with Gasteiger partial charge in [0, 0.05) is 38.6 Å². The Morgan fingerprint density at radius 3 is 0.894 bits per heavy atom. The summed E-state index contributed by atoms with van der Waals surface area (Å²) < 4.78 is 78.0. The van der Waals surface area contributed by atoms with E-state index in [1.54, 1.807) is 89.1 Å². The molecule has 0 radical (unpaired) electrons. The van der Waals surface area contributed by atoms with Crippen molar-refractivity contribution in [2.45, 2.75) is 62.7 Å². The lowest BCUT2D eigenvalue weighted by Gasteiger charge is -2.28. The standard InChI is InChI=1S/2C24H27ClN2O5S/c2*1-17(24(28)23-13-8-20(25)14-26-23)33(29,30)27(15-18-4-9-21(31-2)10-5-18)16-19-6-11-22(32-3)12-7-19/h2*4-14,17,24,28H,15-16H2,1-3H3/t2*17-,24-/m10/s1. The lowest BCUT2D eigenvalue weighted by Crippen LogP contribution is -2.39. The molecule has 2 aromatic heterocycles. The van der Waals surface area contributed by atoms with Crippen LogP contribution in [0.2, 0.25) is 10.0 Å². The van der Waals surface area contributed by atoms with E-state index in [2.05, 4.69) is 9.97 Å². The summed E-state index contributed by atoms with van der Waals surface area (Å²) in [5.41, 5.74) is 3.64. The fourth-order valence-electron chi connectivity index (χ4n) is 6.61. The summed E-state index contributed by atoms with van der Waals surface area (Å²) in [4.78, 5) is 8.17. The first kappa shape index (κ1) is 51.7. The molecule has 0 bridgehead atoms. The second-order valence-electron chi connectivity index (χ2n) is 15.1. The molecule has 6 aromatic rings. The fraction of sp³-hybridized carbons (Fsp3) is 0.292. The van der Waals surface area contributed by atoms with E-state index in [-0.39, 0.29) is 37.6 Å². The van der Waals surface area contributed by atoms with E-state index in [4.69, 9.17) is 42.1 Å². The van der Waals surface area contributed by atoms with Gasteiger partial charge in [-0.05, 0) is 109 Å². The Balaban J connectivity index is 0.000000247. The Morgan fingerprint density at radius 2 is 0.697 bits per heavy atom. The van der Waals surface area contributed by atoms with Crippen molar-refractivity contribution >= 4 is 43.2 Å².